The number of hydrogen-bond acceptors (Lipinski definition) is 4. The molecule has 3 heterocycles. The number of thiophene rings is 1. The average Bonchev–Trinajstić information content (AvgIpc) is 3.65. The van der Waals surface area contributed by atoms with Gasteiger partial charge in [-0.1, -0.05) is 48.5 Å². The van der Waals surface area contributed by atoms with Crippen LogP contribution in [0.2, 0.25) is 0 Å². The molecule has 4 aromatic rings. The SMILES string of the molecule is O=C(c1cccc2ccccc12)N1C[C@@H](CN2CCC(COCc3ccc(F)cc3)CC2)[C@H](c2ccsc2)C1. The van der Waals surface area contributed by atoms with E-state index in [9.17, 15) is 9.18 Å². The standard InChI is InChI=1S/C33H35FN2O2S/c34-29-10-8-24(9-11-29)21-38-22-25-12-15-35(16-13-25)18-28-19-36(20-32(28)27-14-17-39-23-27)33(37)31-7-3-5-26-4-1-2-6-30(26)31/h1-11,14,17,23,25,28,32H,12-13,15-16,18-22H2/t28-,32+/m1/s1. The highest BCUT2D eigenvalue weighted by atomic mass is 32.1. The Balaban J connectivity index is 1.06. The van der Waals surface area contributed by atoms with Gasteiger partial charge in [-0.3, -0.25) is 4.79 Å². The summed E-state index contributed by atoms with van der Waals surface area (Å²) in [5, 5.41) is 6.55. The number of halogens is 1. The average molecular weight is 543 g/mol. The molecule has 0 unspecified atom stereocenters. The Bertz CT molecular complexity index is 1380. The van der Waals surface area contributed by atoms with Crippen molar-refractivity contribution in [3.05, 3.63) is 106 Å². The molecule has 0 saturated carbocycles. The molecule has 0 N–H and O–H groups in total. The molecule has 0 radical (unpaired) electrons. The lowest BCUT2D eigenvalue weighted by Crippen LogP contribution is -2.39. The molecule has 2 atom stereocenters. The summed E-state index contributed by atoms with van der Waals surface area (Å²) in [7, 11) is 0. The fraction of sp³-hybridized carbons (Fsp3) is 0.364. The molecular weight excluding hydrogens is 507 g/mol. The van der Waals surface area contributed by atoms with Crippen molar-refractivity contribution in [2.24, 2.45) is 11.8 Å². The second kappa shape index (κ2) is 12.0. The van der Waals surface area contributed by atoms with Crippen molar-refractivity contribution < 1.29 is 13.9 Å². The Morgan fingerprint density at radius 1 is 0.949 bits per heavy atom. The van der Waals surface area contributed by atoms with Gasteiger partial charge in [0.2, 0.25) is 0 Å². The summed E-state index contributed by atoms with van der Waals surface area (Å²) >= 11 is 1.74. The first-order valence-electron chi connectivity index (χ1n) is 14.0. The van der Waals surface area contributed by atoms with Crippen LogP contribution in [0, 0.1) is 17.7 Å². The monoisotopic (exact) mass is 542 g/mol. The van der Waals surface area contributed by atoms with Crippen molar-refractivity contribution in [2.45, 2.75) is 25.4 Å². The fourth-order valence-electron chi connectivity index (χ4n) is 6.26. The molecule has 2 aliphatic heterocycles. The van der Waals surface area contributed by atoms with E-state index in [4.69, 9.17) is 4.74 Å². The number of rotatable bonds is 8. The predicted molar refractivity (Wildman–Crippen MR) is 156 cm³/mol. The molecule has 2 saturated heterocycles. The summed E-state index contributed by atoms with van der Waals surface area (Å²) in [6, 6.07) is 23.0. The topological polar surface area (TPSA) is 32.8 Å². The highest BCUT2D eigenvalue weighted by Crippen LogP contribution is 2.36. The third-order valence-electron chi connectivity index (χ3n) is 8.46. The molecule has 39 heavy (non-hydrogen) atoms. The molecule has 6 heteroatoms. The Morgan fingerprint density at radius 3 is 2.54 bits per heavy atom. The van der Waals surface area contributed by atoms with Crippen LogP contribution in [0.5, 0.6) is 0 Å². The third kappa shape index (κ3) is 6.08. The molecule has 0 bridgehead atoms. The van der Waals surface area contributed by atoms with E-state index >= 15 is 0 Å². The van der Waals surface area contributed by atoms with Gasteiger partial charge >= 0.3 is 0 Å². The number of carbonyl (C=O) groups excluding carboxylic acids is 1. The zero-order valence-corrected chi connectivity index (χ0v) is 23.0. The molecule has 2 fully saturated rings. The van der Waals surface area contributed by atoms with Gasteiger partial charge in [0, 0.05) is 37.7 Å². The minimum absolute atomic E-state index is 0.145. The van der Waals surface area contributed by atoms with Gasteiger partial charge in [0.1, 0.15) is 5.82 Å². The van der Waals surface area contributed by atoms with Crippen molar-refractivity contribution >= 4 is 28.0 Å². The maximum atomic E-state index is 13.8. The Kier molecular flexibility index (Phi) is 8.05. The van der Waals surface area contributed by atoms with Crippen LogP contribution < -0.4 is 0 Å². The summed E-state index contributed by atoms with van der Waals surface area (Å²) in [4.78, 5) is 18.4. The summed E-state index contributed by atoms with van der Waals surface area (Å²) in [5.74, 6) is 1.28. The number of likely N-dealkylation sites (tertiary alicyclic amines) is 2. The lowest BCUT2D eigenvalue weighted by molar-refractivity contribution is 0.0539. The number of nitrogens with zero attached hydrogens (tertiary/aromatic N) is 2. The minimum Gasteiger partial charge on any atom is -0.376 e. The van der Waals surface area contributed by atoms with Crippen LogP contribution in [-0.4, -0.2) is 55.0 Å². The first-order chi connectivity index (χ1) is 19.1. The molecule has 0 aliphatic carbocycles. The van der Waals surface area contributed by atoms with E-state index in [-0.39, 0.29) is 11.7 Å². The largest absolute Gasteiger partial charge is 0.376 e. The van der Waals surface area contributed by atoms with Gasteiger partial charge in [0.25, 0.3) is 5.91 Å². The molecule has 4 nitrogen and oxygen atoms in total. The third-order valence-corrected chi connectivity index (χ3v) is 9.16. The maximum absolute atomic E-state index is 13.8. The predicted octanol–water partition coefficient (Wildman–Crippen LogP) is 6.83. The Hall–Kier alpha value is -3.06. The molecule has 3 aromatic carbocycles. The van der Waals surface area contributed by atoms with E-state index in [1.165, 1.54) is 17.7 Å². The quantitative estimate of drug-likeness (QED) is 0.245. The van der Waals surface area contributed by atoms with Crippen molar-refractivity contribution in [3.8, 4) is 0 Å². The number of amides is 1. The number of ether oxygens (including phenoxy) is 1. The van der Waals surface area contributed by atoms with Crippen molar-refractivity contribution in [1.29, 1.82) is 0 Å². The second-order valence-corrected chi connectivity index (χ2v) is 11.8. The van der Waals surface area contributed by atoms with E-state index < -0.39 is 0 Å². The van der Waals surface area contributed by atoms with Gasteiger partial charge in [-0.15, -0.1) is 0 Å². The lowest BCUT2D eigenvalue weighted by atomic mass is 9.89. The van der Waals surface area contributed by atoms with Crippen LogP contribution in [0.1, 0.15) is 40.2 Å². The zero-order chi connectivity index (χ0) is 26.6. The Labute approximate surface area is 234 Å². The lowest BCUT2D eigenvalue weighted by Gasteiger charge is -2.34. The first kappa shape index (κ1) is 26.2. The van der Waals surface area contributed by atoms with Crippen LogP contribution >= 0.6 is 11.3 Å². The van der Waals surface area contributed by atoms with E-state index in [1.807, 2.05) is 24.3 Å². The number of carbonyl (C=O) groups is 1. The maximum Gasteiger partial charge on any atom is 0.254 e. The number of benzene rings is 3. The highest BCUT2D eigenvalue weighted by Gasteiger charge is 2.38. The van der Waals surface area contributed by atoms with Crippen LogP contribution in [0.25, 0.3) is 10.8 Å². The van der Waals surface area contributed by atoms with Gasteiger partial charge in [0.05, 0.1) is 6.61 Å². The Morgan fingerprint density at radius 2 is 1.74 bits per heavy atom. The van der Waals surface area contributed by atoms with Crippen molar-refractivity contribution in [1.82, 2.24) is 9.80 Å². The molecule has 0 spiro atoms. The molecule has 202 valence electrons. The summed E-state index contributed by atoms with van der Waals surface area (Å²) < 4.78 is 19.1. The highest BCUT2D eigenvalue weighted by molar-refractivity contribution is 7.08. The molecule has 1 aromatic heterocycles. The fourth-order valence-corrected chi connectivity index (χ4v) is 6.98. The van der Waals surface area contributed by atoms with Crippen LogP contribution in [0.15, 0.2) is 83.6 Å². The number of piperidine rings is 1. The smallest absolute Gasteiger partial charge is 0.254 e. The molecular formula is C33H35FN2O2S. The van der Waals surface area contributed by atoms with Gasteiger partial charge in [-0.05, 0) is 94.7 Å². The number of fused-ring (bicyclic) bond motifs is 1. The summed E-state index contributed by atoms with van der Waals surface area (Å²) in [6.07, 6.45) is 2.25. The molecule has 2 aliphatic rings. The first-order valence-corrected chi connectivity index (χ1v) is 14.9. The van der Waals surface area contributed by atoms with Crippen molar-refractivity contribution in [2.75, 3.05) is 39.3 Å². The van der Waals surface area contributed by atoms with E-state index in [2.05, 4.69) is 44.8 Å². The van der Waals surface area contributed by atoms with Crippen LogP contribution in [-0.2, 0) is 11.3 Å². The van der Waals surface area contributed by atoms with Gasteiger partial charge in [-0.2, -0.15) is 11.3 Å². The van der Waals surface area contributed by atoms with Gasteiger partial charge in [0.15, 0.2) is 0 Å². The van der Waals surface area contributed by atoms with E-state index in [0.29, 0.717) is 24.4 Å². The molecule has 6 rings (SSSR count). The molecule has 1 amide bonds. The summed E-state index contributed by atoms with van der Waals surface area (Å²) in [6.45, 7) is 6.00. The number of hydrogen-bond donors (Lipinski definition) is 0. The van der Waals surface area contributed by atoms with E-state index in [0.717, 1.165) is 74.1 Å². The zero-order valence-electron chi connectivity index (χ0n) is 22.2. The van der Waals surface area contributed by atoms with Gasteiger partial charge in [-0.25, -0.2) is 4.39 Å². The summed E-state index contributed by atoms with van der Waals surface area (Å²) in [5.41, 5.74) is 3.18. The minimum atomic E-state index is -0.212. The van der Waals surface area contributed by atoms with Crippen LogP contribution in [0.4, 0.5) is 4.39 Å². The van der Waals surface area contributed by atoms with Crippen LogP contribution in [0.3, 0.4) is 0 Å². The van der Waals surface area contributed by atoms with E-state index in [1.54, 1.807) is 23.5 Å². The second-order valence-electron chi connectivity index (χ2n) is 11.0. The van der Waals surface area contributed by atoms with Crippen molar-refractivity contribution in [3.63, 3.8) is 0 Å². The normalized spacial score (nSPS) is 20.6. The van der Waals surface area contributed by atoms with Gasteiger partial charge < -0.3 is 14.5 Å².